The highest BCUT2D eigenvalue weighted by atomic mass is 19.3. The molecular weight excluding hydrogens is 240 g/mol. The number of methoxy groups -OCH3 is 1. The molecule has 0 bridgehead atoms. The van der Waals surface area contributed by atoms with Crippen LogP contribution in [0.25, 0.3) is 11.1 Å². The molecule has 2 rings (SSSR count). The van der Waals surface area contributed by atoms with Crippen molar-refractivity contribution in [3.05, 3.63) is 30.0 Å². The number of nitrogens with one attached hydrogen (secondary N) is 1. The lowest BCUT2D eigenvalue weighted by Gasteiger charge is -2.11. The second-order valence-electron chi connectivity index (χ2n) is 3.98. The van der Waals surface area contributed by atoms with Gasteiger partial charge in [-0.3, -0.25) is 5.10 Å². The maximum atomic E-state index is 13.4. The van der Waals surface area contributed by atoms with Crippen molar-refractivity contribution in [3.63, 3.8) is 0 Å². The molecule has 4 nitrogen and oxygen atoms in total. The SMILES string of the molecule is COc1ccc(-c2c(N)n[nH]c2C(C)(F)F)cc1. The number of benzene rings is 1. The van der Waals surface area contributed by atoms with Gasteiger partial charge in [0.1, 0.15) is 11.4 Å². The number of anilines is 1. The number of halogens is 2. The quantitative estimate of drug-likeness (QED) is 0.884. The van der Waals surface area contributed by atoms with E-state index in [9.17, 15) is 8.78 Å². The van der Waals surface area contributed by atoms with Crippen LogP contribution in [0.2, 0.25) is 0 Å². The number of aromatic nitrogens is 2. The Hall–Kier alpha value is -2.11. The van der Waals surface area contributed by atoms with Crippen molar-refractivity contribution in [1.29, 1.82) is 0 Å². The van der Waals surface area contributed by atoms with Crippen LogP contribution in [-0.4, -0.2) is 17.3 Å². The Morgan fingerprint density at radius 2 is 1.89 bits per heavy atom. The van der Waals surface area contributed by atoms with E-state index in [0.717, 1.165) is 6.92 Å². The van der Waals surface area contributed by atoms with Gasteiger partial charge in [0, 0.05) is 6.92 Å². The first-order valence-electron chi connectivity index (χ1n) is 5.30. The van der Waals surface area contributed by atoms with Crippen molar-refractivity contribution in [2.24, 2.45) is 0 Å². The number of rotatable bonds is 3. The molecule has 96 valence electrons. The molecule has 2 aromatic rings. The van der Waals surface area contributed by atoms with Gasteiger partial charge in [0.15, 0.2) is 5.82 Å². The van der Waals surface area contributed by atoms with Crippen molar-refractivity contribution in [1.82, 2.24) is 10.2 Å². The summed E-state index contributed by atoms with van der Waals surface area (Å²) in [6.07, 6.45) is 0. The first-order valence-corrected chi connectivity index (χ1v) is 5.30. The fourth-order valence-electron chi connectivity index (χ4n) is 1.72. The topological polar surface area (TPSA) is 63.9 Å². The third kappa shape index (κ3) is 2.13. The summed E-state index contributed by atoms with van der Waals surface area (Å²) in [5.74, 6) is -2.33. The summed E-state index contributed by atoms with van der Waals surface area (Å²) >= 11 is 0. The van der Waals surface area contributed by atoms with Crippen molar-refractivity contribution in [2.45, 2.75) is 12.8 Å². The van der Waals surface area contributed by atoms with E-state index in [2.05, 4.69) is 10.2 Å². The second kappa shape index (κ2) is 4.29. The molecule has 0 saturated heterocycles. The Bertz CT molecular complexity index is 543. The Labute approximate surface area is 103 Å². The van der Waals surface area contributed by atoms with E-state index in [4.69, 9.17) is 10.5 Å². The summed E-state index contributed by atoms with van der Waals surface area (Å²) in [5, 5.41) is 5.93. The number of aromatic amines is 1. The number of alkyl halides is 2. The normalized spacial score (nSPS) is 11.6. The summed E-state index contributed by atoms with van der Waals surface area (Å²) < 4.78 is 31.8. The average Bonchev–Trinajstić information content (AvgIpc) is 2.71. The van der Waals surface area contributed by atoms with E-state index in [1.165, 1.54) is 7.11 Å². The molecule has 0 atom stereocenters. The van der Waals surface area contributed by atoms with Crippen LogP contribution in [0.1, 0.15) is 12.6 Å². The van der Waals surface area contributed by atoms with Gasteiger partial charge < -0.3 is 10.5 Å². The number of hydrogen-bond donors (Lipinski definition) is 2. The molecule has 0 aliphatic heterocycles. The molecule has 1 heterocycles. The lowest BCUT2D eigenvalue weighted by molar-refractivity contribution is 0.0133. The van der Waals surface area contributed by atoms with Gasteiger partial charge >= 0.3 is 0 Å². The van der Waals surface area contributed by atoms with E-state index in [1.54, 1.807) is 24.3 Å². The number of hydrogen-bond acceptors (Lipinski definition) is 3. The van der Waals surface area contributed by atoms with E-state index >= 15 is 0 Å². The fourth-order valence-corrected chi connectivity index (χ4v) is 1.72. The molecule has 0 radical (unpaired) electrons. The number of ether oxygens (including phenoxy) is 1. The van der Waals surface area contributed by atoms with Gasteiger partial charge in [0.2, 0.25) is 0 Å². The molecule has 0 fully saturated rings. The Morgan fingerprint density at radius 1 is 1.28 bits per heavy atom. The predicted octanol–water partition coefficient (Wildman–Crippen LogP) is 2.78. The number of nitrogens with two attached hydrogens (primary N) is 1. The lowest BCUT2D eigenvalue weighted by Crippen LogP contribution is -2.09. The van der Waals surface area contributed by atoms with Crippen molar-refractivity contribution >= 4 is 5.82 Å². The molecule has 18 heavy (non-hydrogen) atoms. The largest absolute Gasteiger partial charge is 0.497 e. The molecule has 0 amide bonds. The standard InChI is InChI=1S/C12H13F2N3O/c1-12(13,14)10-9(11(15)17-16-10)7-3-5-8(18-2)6-4-7/h3-6H,1-2H3,(H3,15,16,17). The minimum Gasteiger partial charge on any atom is -0.497 e. The summed E-state index contributed by atoms with van der Waals surface area (Å²) in [6.45, 7) is 0.799. The van der Waals surface area contributed by atoms with E-state index in [-0.39, 0.29) is 17.1 Å². The Balaban J connectivity index is 2.52. The van der Waals surface area contributed by atoms with Gasteiger partial charge in [-0.2, -0.15) is 13.9 Å². The van der Waals surface area contributed by atoms with Gasteiger partial charge in [-0.15, -0.1) is 0 Å². The average molecular weight is 253 g/mol. The zero-order valence-corrected chi connectivity index (χ0v) is 10.00. The zero-order chi connectivity index (χ0) is 13.3. The molecular formula is C12H13F2N3O. The minimum atomic E-state index is -3.03. The third-order valence-electron chi connectivity index (χ3n) is 2.61. The molecule has 3 N–H and O–H groups in total. The number of H-pyrrole nitrogens is 1. The number of nitrogens with zero attached hydrogens (tertiary/aromatic N) is 1. The first-order chi connectivity index (χ1) is 8.43. The van der Waals surface area contributed by atoms with Gasteiger partial charge in [-0.05, 0) is 17.7 Å². The van der Waals surface area contributed by atoms with E-state index in [1.807, 2.05) is 0 Å². The van der Waals surface area contributed by atoms with Gasteiger partial charge in [0.25, 0.3) is 5.92 Å². The van der Waals surface area contributed by atoms with Crippen LogP contribution in [0, 0.1) is 0 Å². The molecule has 1 aromatic carbocycles. The highest BCUT2D eigenvalue weighted by Gasteiger charge is 2.32. The van der Waals surface area contributed by atoms with Gasteiger partial charge in [-0.25, -0.2) is 0 Å². The predicted molar refractivity (Wildman–Crippen MR) is 64.6 cm³/mol. The molecule has 0 aliphatic rings. The molecule has 0 unspecified atom stereocenters. The van der Waals surface area contributed by atoms with Crippen molar-refractivity contribution in [2.75, 3.05) is 12.8 Å². The second-order valence-corrected chi connectivity index (χ2v) is 3.98. The summed E-state index contributed by atoms with van der Waals surface area (Å²) in [5.41, 5.74) is 6.14. The minimum absolute atomic E-state index is 0.0525. The molecule has 0 aliphatic carbocycles. The fraction of sp³-hybridized carbons (Fsp3) is 0.250. The van der Waals surface area contributed by atoms with E-state index in [0.29, 0.717) is 11.3 Å². The maximum Gasteiger partial charge on any atom is 0.287 e. The van der Waals surface area contributed by atoms with Crippen LogP contribution in [0.4, 0.5) is 14.6 Å². The Morgan fingerprint density at radius 3 is 2.39 bits per heavy atom. The lowest BCUT2D eigenvalue weighted by atomic mass is 10.0. The van der Waals surface area contributed by atoms with Crippen LogP contribution < -0.4 is 10.5 Å². The van der Waals surface area contributed by atoms with Crippen molar-refractivity contribution < 1.29 is 13.5 Å². The molecule has 0 spiro atoms. The number of nitrogen functional groups attached to an aromatic ring is 1. The molecule has 6 heteroatoms. The van der Waals surface area contributed by atoms with Gasteiger partial charge in [-0.1, -0.05) is 12.1 Å². The highest BCUT2D eigenvalue weighted by molar-refractivity contribution is 5.77. The van der Waals surface area contributed by atoms with Crippen molar-refractivity contribution in [3.8, 4) is 16.9 Å². The zero-order valence-electron chi connectivity index (χ0n) is 10.00. The van der Waals surface area contributed by atoms with Crippen LogP contribution in [0.3, 0.4) is 0 Å². The van der Waals surface area contributed by atoms with Gasteiger partial charge in [0.05, 0.1) is 12.7 Å². The van der Waals surface area contributed by atoms with Crippen LogP contribution in [0.15, 0.2) is 24.3 Å². The molecule has 1 aromatic heterocycles. The summed E-state index contributed by atoms with van der Waals surface area (Å²) in [4.78, 5) is 0. The molecule has 0 saturated carbocycles. The summed E-state index contributed by atoms with van der Waals surface area (Å²) in [7, 11) is 1.53. The highest BCUT2D eigenvalue weighted by Crippen LogP contribution is 2.37. The van der Waals surface area contributed by atoms with Crippen LogP contribution in [0.5, 0.6) is 5.75 Å². The van der Waals surface area contributed by atoms with E-state index < -0.39 is 5.92 Å². The van der Waals surface area contributed by atoms with Crippen LogP contribution in [-0.2, 0) is 5.92 Å². The monoisotopic (exact) mass is 253 g/mol. The Kier molecular flexibility index (Phi) is 2.94. The smallest absolute Gasteiger partial charge is 0.287 e. The first kappa shape index (κ1) is 12.3. The van der Waals surface area contributed by atoms with Crippen LogP contribution >= 0.6 is 0 Å². The maximum absolute atomic E-state index is 13.4. The third-order valence-corrected chi connectivity index (χ3v) is 2.61. The summed E-state index contributed by atoms with van der Waals surface area (Å²) in [6, 6.07) is 6.68.